The zero-order chi connectivity index (χ0) is 18.0. The molecule has 1 saturated heterocycles. The molecule has 1 saturated carbocycles. The summed E-state index contributed by atoms with van der Waals surface area (Å²) in [7, 11) is -1.59. The van der Waals surface area contributed by atoms with Gasteiger partial charge in [-0.3, -0.25) is 4.79 Å². The molecule has 1 atom stereocenters. The van der Waals surface area contributed by atoms with Gasteiger partial charge in [0.25, 0.3) is 5.91 Å². The van der Waals surface area contributed by atoms with E-state index in [-0.39, 0.29) is 36.1 Å². The van der Waals surface area contributed by atoms with Crippen LogP contribution in [0.25, 0.3) is 0 Å². The van der Waals surface area contributed by atoms with Gasteiger partial charge >= 0.3 is 0 Å². The van der Waals surface area contributed by atoms with E-state index in [2.05, 4.69) is 0 Å². The van der Waals surface area contributed by atoms with E-state index in [0.29, 0.717) is 23.5 Å². The van der Waals surface area contributed by atoms with Crippen LogP contribution in [0.2, 0.25) is 0 Å². The molecule has 0 aromatic heterocycles. The fraction of sp³-hybridized carbons (Fsp3) is 0.529. The highest BCUT2D eigenvalue weighted by Crippen LogP contribution is 2.33. The van der Waals surface area contributed by atoms with Crippen LogP contribution < -0.4 is 9.47 Å². The third-order valence-corrected chi connectivity index (χ3v) is 6.22. The first-order valence-corrected chi connectivity index (χ1v) is 9.98. The largest absolute Gasteiger partial charge is 0.493 e. The number of nitrogens with zero attached hydrogens (tertiary/aromatic N) is 2. The minimum absolute atomic E-state index is 0.0371. The van der Waals surface area contributed by atoms with Gasteiger partial charge in [-0.2, -0.15) is 5.26 Å². The second-order valence-corrected chi connectivity index (χ2v) is 8.58. The molecular weight excluding hydrogens is 344 g/mol. The highest BCUT2D eigenvalue weighted by Gasteiger charge is 2.42. The van der Waals surface area contributed by atoms with Gasteiger partial charge in [-0.05, 0) is 31.4 Å². The van der Waals surface area contributed by atoms with Gasteiger partial charge in [0, 0.05) is 18.2 Å². The van der Waals surface area contributed by atoms with E-state index in [9.17, 15) is 13.2 Å². The maximum absolute atomic E-state index is 12.6. The molecular formula is C17H20N2O5S. The summed E-state index contributed by atoms with van der Waals surface area (Å²) in [5, 5.41) is 8.91. The number of carbonyl (C=O) groups excluding carboxylic acids is 1. The Bertz CT molecular complexity index is 811. The minimum Gasteiger partial charge on any atom is -0.493 e. The van der Waals surface area contributed by atoms with Crippen molar-refractivity contribution in [1.82, 2.24) is 4.90 Å². The van der Waals surface area contributed by atoms with Gasteiger partial charge in [0.05, 0.1) is 30.2 Å². The van der Waals surface area contributed by atoms with Crippen molar-refractivity contribution in [1.29, 1.82) is 5.26 Å². The highest BCUT2D eigenvalue weighted by atomic mass is 32.2. The smallest absolute Gasteiger partial charge is 0.261 e. The van der Waals surface area contributed by atoms with Gasteiger partial charge in [-0.15, -0.1) is 0 Å². The molecule has 1 aromatic carbocycles. The number of carbonyl (C=O) groups is 1. The number of sulfone groups is 1. The monoisotopic (exact) mass is 364 g/mol. The van der Waals surface area contributed by atoms with E-state index in [4.69, 9.17) is 14.7 Å². The van der Waals surface area contributed by atoms with Gasteiger partial charge in [-0.1, -0.05) is 0 Å². The molecule has 0 unspecified atom stereocenters. The third kappa shape index (κ3) is 4.04. The molecule has 2 aliphatic rings. The number of rotatable bonds is 6. The summed E-state index contributed by atoms with van der Waals surface area (Å²) in [6.07, 6.45) is 2.30. The first-order valence-electron chi connectivity index (χ1n) is 8.16. The summed E-state index contributed by atoms with van der Waals surface area (Å²) in [5.74, 6) is 0.724. The van der Waals surface area contributed by atoms with Gasteiger partial charge in [0.1, 0.15) is 0 Å². The average molecular weight is 364 g/mol. The molecule has 134 valence electrons. The third-order valence-electron chi connectivity index (χ3n) is 4.47. The number of ether oxygens (including phenoxy) is 2. The number of nitriles is 1. The van der Waals surface area contributed by atoms with Gasteiger partial charge in [0.15, 0.2) is 27.9 Å². The molecule has 1 aliphatic carbocycles. The van der Waals surface area contributed by atoms with E-state index >= 15 is 0 Å². The van der Waals surface area contributed by atoms with Crippen LogP contribution in [0.5, 0.6) is 11.5 Å². The molecule has 1 heterocycles. The van der Waals surface area contributed by atoms with Gasteiger partial charge in [0.2, 0.25) is 0 Å². The van der Waals surface area contributed by atoms with Crippen molar-refractivity contribution >= 4 is 15.7 Å². The average Bonchev–Trinajstić information content (AvgIpc) is 3.36. The van der Waals surface area contributed by atoms with Crippen LogP contribution in [0.15, 0.2) is 18.2 Å². The maximum atomic E-state index is 12.6. The summed E-state index contributed by atoms with van der Waals surface area (Å²) in [4.78, 5) is 14.3. The Kier molecular flexibility index (Phi) is 4.86. The van der Waals surface area contributed by atoms with E-state index < -0.39 is 9.84 Å². The molecule has 1 aromatic rings. The summed E-state index contributed by atoms with van der Waals surface area (Å²) < 4.78 is 34.2. The lowest BCUT2D eigenvalue weighted by Gasteiger charge is -2.28. The lowest BCUT2D eigenvalue weighted by atomic mass is 10.2. The van der Waals surface area contributed by atoms with Crippen molar-refractivity contribution < 1.29 is 22.7 Å². The van der Waals surface area contributed by atoms with Crippen LogP contribution in [-0.2, 0) is 14.6 Å². The number of amides is 1. The van der Waals surface area contributed by atoms with Crippen molar-refractivity contribution in [2.45, 2.75) is 31.3 Å². The number of hydrogen-bond acceptors (Lipinski definition) is 6. The quantitative estimate of drug-likeness (QED) is 0.750. The lowest BCUT2D eigenvalue weighted by Crippen LogP contribution is -2.45. The second-order valence-electron chi connectivity index (χ2n) is 6.36. The van der Waals surface area contributed by atoms with Crippen LogP contribution in [0, 0.1) is 11.3 Å². The maximum Gasteiger partial charge on any atom is 0.261 e. The van der Waals surface area contributed by atoms with Crippen molar-refractivity contribution in [3.63, 3.8) is 0 Å². The zero-order valence-corrected chi connectivity index (χ0v) is 14.8. The van der Waals surface area contributed by atoms with Gasteiger partial charge in [-0.25, -0.2) is 8.42 Å². The first kappa shape index (κ1) is 17.5. The summed E-state index contributed by atoms with van der Waals surface area (Å²) in [6, 6.07) is 6.60. The van der Waals surface area contributed by atoms with Gasteiger partial charge < -0.3 is 14.4 Å². The predicted molar refractivity (Wildman–Crippen MR) is 90.1 cm³/mol. The predicted octanol–water partition coefficient (Wildman–Crippen LogP) is 1.12. The molecule has 1 amide bonds. The molecule has 1 aliphatic heterocycles. The highest BCUT2D eigenvalue weighted by molar-refractivity contribution is 7.91. The summed E-state index contributed by atoms with van der Waals surface area (Å²) >= 11 is 0. The molecule has 2 fully saturated rings. The Morgan fingerprint density at radius 3 is 2.60 bits per heavy atom. The van der Waals surface area contributed by atoms with Crippen LogP contribution in [0.1, 0.15) is 24.8 Å². The van der Waals surface area contributed by atoms with E-state index in [1.807, 2.05) is 6.07 Å². The number of methoxy groups -OCH3 is 1. The van der Waals surface area contributed by atoms with E-state index in [0.717, 1.165) is 12.8 Å². The SMILES string of the molecule is COc1cc(C#N)ccc1OCC(=O)N(C1CC1)[C@H]1CCS(=O)(=O)C1. The van der Waals surface area contributed by atoms with Crippen molar-refractivity contribution in [2.75, 3.05) is 25.2 Å². The molecule has 7 nitrogen and oxygen atoms in total. The summed E-state index contributed by atoms with van der Waals surface area (Å²) in [6.45, 7) is -0.185. The minimum atomic E-state index is -3.05. The molecule has 0 N–H and O–H groups in total. The zero-order valence-electron chi connectivity index (χ0n) is 14.0. The van der Waals surface area contributed by atoms with E-state index in [1.54, 1.807) is 23.1 Å². The lowest BCUT2D eigenvalue weighted by molar-refractivity contribution is -0.135. The topological polar surface area (TPSA) is 96.7 Å². The fourth-order valence-electron chi connectivity index (χ4n) is 3.12. The second kappa shape index (κ2) is 6.92. The molecule has 3 rings (SSSR count). The Labute approximate surface area is 147 Å². The van der Waals surface area contributed by atoms with E-state index in [1.165, 1.54) is 7.11 Å². The Morgan fingerprint density at radius 1 is 1.28 bits per heavy atom. The standard InChI is InChI=1S/C17H20N2O5S/c1-23-16-8-12(9-18)2-5-15(16)24-10-17(20)19(13-3-4-13)14-6-7-25(21,22)11-14/h2,5,8,13-14H,3-4,6-7,10-11H2,1H3/t14-/m0/s1. The molecule has 0 bridgehead atoms. The fourth-order valence-corrected chi connectivity index (χ4v) is 4.83. The first-order chi connectivity index (χ1) is 11.9. The van der Waals surface area contributed by atoms with Crippen LogP contribution in [0.3, 0.4) is 0 Å². The molecule has 0 spiro atoms. The van der Waals surface area contributed by atoms with Crippen LogP contribution in [-0.4, -0.2) is 56.5 Å². The normalized spacial score (nSPS) is 21.4. The Balaban J connectivity index is 1.68. The van der Waals surface area contributed by atoms with Crippen LogP contribution >= 0.6 is 0 Å². The van der Waals surface area contributed by atoms with Crippen molar-refractivity contribution in [3.05, 3.63) is 23.8 Å². The number of benzene rings is 1. The van der Waals surface area contributed by atoms with Crippen LogP contribution in [0.4, 0.5) is 0 Å². The Hall–Kier alpha value is -2.27. The molecule has 25 heavy (non-hydrogen) atoms. The Morgan fingerprint density at radius 2 is 2.04 bits per heavy atom. The number of hydrogen-bond donors (Lipinski definition) is 0. The van der Waals surface area contributed by atoms with Crippen molar-refractivity contribution in [2.24, 2.45) is 0 Å². The molecule has 0 radical (unpaired) electrons. The molecule has 8 heteroatoms. The summed E-state index contributed by atoms with van der Waals surface area (Å²) in [5.41, 5.74) is 0.436. The van der Waals surface area contributed by atoms with Crippen molar-refractivity contribution in [3.8, 4) is 17.6 Å².